The van der Waals surface area contributed by atoms with Crippen molar-refractivity contribution in [3.63, 3.8) is 0 Å². The van der Waals surface area contributed by atoms with Crippen molar-refractivity contribution >= 4 is 63.8 Å². The van der Waals surface area contributed by atoms with E-state index in [1.54, 1.807) is 0 Å². The van der Waals surface area contributed by atoms with Gasteiger partial charge in [0, 0.05) is 25.9 Å². The van der Waals surface area contributed by atoms with Crippen LogP contribution in [-0.2, 0) is 0 Å². The number of fused-ring (bicyclic) bond motifs is 6. The van der Waals surface area contributed by atoms with Gasteiger partial charge in [-0.05, 0) is 108 Å². The van der Waals surface area contributed by atoms with E-state index in [0.29, 0.717) is 0 Å². The van der Waals surface area contributed by atoms with Gasteiger partial charge in [-0.1, -0.05) is 158 Å². The van der Waals surface area contributed by atoms with Crippen LogP contribution in [0.25, 0.3) is 103 Å². The highest BCUT2D eigenvalue weighted by Gasteiger charge is 2.22. The first-order valence-electron chi connectivity index (χ1n) is 18.5. The summed E-state index contributed by atoms with van der Waals surface area (Å²) in [5, 5.41) is 10.1. The van der Waals surface area contributed by atoms with Crippen molar-refractivity contribution in [2.45, 2.75) is 0 Å². The molecular formula is C52H33NS. The summed E-state index contributed by atoms with van der Waals surface area (Å²) in [6, 6.07) is 73.6. The van der Waals surface area contributed by atoms with Gasteiger partial charge in [0.25, 0.3) is 0 Å². The third-order valence-corrected chi connectivity index (χ3v) is 12.1. The fourth-order valence-electron chi connectivity index (χ4n) is 8.62. The van der Waals surface area contributed by atoms with Crippen LogP contribution in [0.5, 0.6) is 0 Å². The smallest absolute Gasteiger partial charge is 0.0535 e. The van der Waals surface area contributed by atoms with E-state index >= 15 is 0 Å². The maximum Gasteiger partial charge on any atom is 0.0535 e. The number of hydrogen-bond donors (Lipinski definition) is 0. The maximum atomic E-state index is 2.44. The summed E-state index contributed by atoms with van der Waals surface area (Å²) in [7, 11) is 0. The SMILES string of the molecule is c1ccc(-c2ccc(-c3ccccc3)n2-c2ccc3c(-c4cccc5sc6ccccc6c45)c4ccccc4c(-c4ccc5ccccc5c4)c3c2)cc1. The van der Waals surface area contributed by atoms with Crippen molar-refractivity contribution in [3.05, 3.63) is 200 Å². The molecule has 54 heavy (non-hydrogen) atoms. The molecule has 11 rings (SSSR count). The van der Waals surface area contributed by atoms with Crippen molar-refractivity contribution in [1.82, 2.24) is 4.57 Å². The molecule has 0 radical (unpaired) electrons. The fourth-order valence-corrected chi connectivity index (χ4v) is 9.75. The molecule has 11 aromatic rings. The van der Waals surface area contributed by atoms with E-state index in [1.807, 2.05) is 11.3 Å². The van der Waals surface area contributed by atoms with Crippen molar-refractivity contribution in [2.24, 2.45) is 0 Å². The third kappa shape index (κ3) is 4.85. The van der Waals surface area contributed by atoms with Gasteiger partial charge in [-0.25, -0.2) is 0 Å². The average molecular weight is 704 g/mol. The summed E-state index contributed by atoms with van der Waals surface area (Å²) in [5.41, 5.74) is 10.9. The van der Waals surface area contributed by atoms with Crippen molar-refractivity contribution < 1.29 is 0 Å². The molecule has 0 amide bonds. The topological polar surface area (TPSA) is 4.93 Å². The van der Waals surface area contributed by atoms with Gasteiger partial charge < -0.3 is 4.57 Å². The molecule has 2 heterocycles. The first-order valence-corrected chi connectivity index (χ1v) is 19.3. The van der Waals surface area contributed by atoms with Crippen LogP contribution < -0.4 is 0 Å². The molecule has 0 unspecified atom stereocenters. The van der Waals surface area contributed by atoms with Gasteiger partial charge in [0.2, 0.25) is 0 Å². The molecule has 0 bridgehead atoms. The number of hydrogen-bond acceptors (Lipinski definition) is 1. The maximum absolute atomic E-state index is 2.44. The van der Waals surface area contributed by atoms with Gasteiger partial charge in [-0.15, -0.1) is 11.3 Å². The molecule has 0 aliphatic rings. The second kappa shape index (κ2) is 12.4. The minimum absolute atomic E-state index is 1.13. The first-order chi connectivity index (χ1) is 26.8. The minimum Gasteiger partial charge on any atom is -0.309 e. The zero-order chi connectivity index (χ0) is 35.6. The van der Waals surface area contributed by atoms with E-state index in [2.05, 4.69) is 205 Å². The van der Waals surface area contributed by atoms with E-state index in [-0.39, 0.29) is 0 Å². The minimum atomic E-state index is 1.13. The molecule has 0 fully saturated rings. The zero-order valence-electron chi connectivity index (χ0n) is 29.4. The lowest BCUT2D eigenvalue weighted by Gasteiger charge is -2.21. The highest BCUT2D eigenvalue weighted by Crippen LogP contribution is 2.49. The summed E-state index contributed by atoms with van der Waals surface area (Å²) in [5.74, 6) is 0. The number of thiophene rings is 1. The van der Waals surface area contributed by atoms with E-state index in [9.17, 15) is 0 Å². The van der Waals surface area contributed by atoms with E-state index in [0.717, 1.165) is 17.1 Å². The molecule has 2 aromatic heterocycles. The predicted octanol–water partition coefficient (Wildman–Crippen LogP) is 15.0. The van der Waals surface area contributed by atoms with E-state index in [4.69, 9.17) is 0 Å². The first kappa shape index (κ1) is 30.8. The van der Waals surface area contributed by atoms with Gasteiger partial charge in [0.1, 0.15) is 0 Å². The Morgan fingerprint density at radius 2 is 0.926 bits per heavy atom. The Kier molecular flexibility index (Phi) is 7.11. The summed E-state index contributed by atoms with van der Waals surface area (Å²) in [6.45, 7) is 0. The van der Waals surface area contributed by atoms with Gasteiger partial charge >= 0.3 is 0 Å². The Labute approximate surface area is 317 Å². The monoisotopic (exact) mass is 703 g/mol. The Balaban J connectivity index is 1.29. The lowest BCUT2D eigenvalue weighted by Crippen LogP contribution is -2.00. The number of nitrogens with zero attached hydrogens (tertiary/aromatic N) is 1. The molecule has 252 valence electrons. The predicted molar refractivity (Wildman–Crippen MR) is 233 cm³/mol. The van der Waals surface area contributed by atoms with Crippen LogP contribution in [0.2, 0.25) is 0 Å². The zero-order valence-corrected chi connectivity index (χ0v) is 30.2. The number of rotatable bonds is 5. The lowest BCUT2D eigenvalue weighted by molar-refractivity contribution is 1.10. The number of benzene rings is 9. The number of aromatic nitrogens is 1. The van der Waals surface area contributed by atoms with E-state index < -0.39 is 0 Å². The summed E-state index contributed by atoms with van der Waals surface area (Å²) < 4.78 is 5.07. The van der Waals surface area contributed by atoms with Crippen molar-refractivity contribution in [2.75, 3.05) is 0 Å². The third-order valence-electron chi connectivity index (χ3n) is 11.0. The summed E-state index contributed by atoms with van der Waals surface area (Å²) >= 11 is 1.88. The van der Waals surface area contributed by atoms with Gasteiger partial charge in [-0.3, -0.25) is 0 Å². The second-order valence-electron chi connectivity index (χ2n) is 14.0. The molecule has 0 saturated heterocycles. The van der Waals surface area contributed by atoms with Crippen molar-refractivity contribution in [1.29, 1.82) is 0 Å². The summed E-state index contributed by atoms with van der Waals surface area (Å²) in [6.07, 6.45) is 0. The normalized spacial score (nSPS) is 11.7. The van der Waals surface area contributed by atoms with Crippen LogP contribution in [0.1, 0.15) is 0 Å². The lowest BCUT2D eigenvalue weighted by atomic mass is 9.84. The summed E-state index contributed by atoms with van der Waals surface area (Å²) in [4.78, 5) is 0. The van der Waals surface area contributed by atoms with Crippen LogP contribution in [0.4, 0.5) is 0 Å². The Bertz CT molecular complexity index is 3150. The molecule has 0 spiro atoms. The molecule has 0 saturated carbocycles. The molecule has 0 aliphatic heterocycles. The average Bonchev–Trinajstić information content (AvgIpc) is 3.86. The molecule has 0 N–H and O–H groups in total. The molecule has 0 aliphatic carbocycles. The quantitative estimate of drug-likeness (QED) is 0.157. The highest BCUT2D eigenvalue weighted by molar-refractivity contribution is 7.25. The molecular weight excluding hydrogens is 671 g/mol. The van der Waals surface area contributed by atoms with Crippen LogP contribution in [0, 0.1) is 0 Å². The van der Waals surface area contributed by atoms with Crippen LogP contribution >= 0.6 is 11.3 Å². The standard InChI is InChI=1S/C52H33NS/c1-3-15-35(16-4-1)46-30-31-47(36-17-5-2-6-18-36)53(46)39-28-29-42-45(33-39)50(38-27-26-34-14-7-8-19-37(34)32-38)40-20-9-10-21-41(40)51(42)44-23-13-25-49-52(44)43-22-11-12-24-48(43)54-49/h1-33H. The molecule has 0 atom stereocenters. The van der Waals surface area contributed by atoms with Crippen molar-refractivity contribution in [3.8, 4) is 50.5 Å². The Morgan fingerprint density at radius 3 is 1.67 bits per heavy atom. The Morgan fingerprint density at radius 1 is 0.333 bits per heavy atom. The molecule has 2 heteroatoms. The second-order valence-corrected chi connectivity index (χ2v) is 15.1. The van der Waals surface area contributed by atoms with Crippen LogP contribution in [0.3, 0.4) is 0 Å². The van der Waals surface area contributed by atoms with Crippen LogP contribution in [-0.4, -0.2) is 4.57 Å². The van der Waals surface area contributed by atoms with Crippen LogP contribution in [0.15, 0.2) is 200 Å². The fraction of sp³-hybridized carbons (Fsp3) is 0. The highest BCUT2D eigenvalue weighted by atomic mass is 32.1. The Hall–Kier alpha value is -6.74. The van der Waals surface area contributed by atoms with E-state index in [1.165, 1.54) is 85.9 Å². The largest absolute Gasteiger partial charge is 0.309 e. The molecule has 1 nitrogen and oxygen atoms in total. The van der Waals surface area contributed by atoms with Gasteiger partial charge in [0.15, 0.2) is 0 Å². The van der Waals surface area contributed by atoms with Gasteiger partial charge in [0.05, 0.1) is 11.4 Å². The van der Waals surface area contributed by atoms with Gasteiger partial charge in [-0.2, -0.15) is 0 Å². The molecule has 9 aromatic carbocycles.